The number of likely N-dealkylation sites (N-methyl/N-ethyl adjacent to an activating group) is 1. The summed E-state index contributed by atoms with van der Waals surface area (Å²) in [6.07, 6.45) is 1.74. The molecule has 1 N–H and O–H groups in total. The molecule has 3 aromatic rings. The van der Waals surface area contributed by atoms with Crippen molar-refractivity contribution in [2.75, 3.05) is 7.05 Å². The fourth-order valence-corrected chi connectivity index (χ4v) is 3.68. The van der Waals surface area contributed by atoms with Gasteiger partial charge in [-0.25, -0.2) is 0 Å². The fourth-order valence-electron chi connectivity index (χ4n) is 3.03. The van der Waals surface area contributed by atoms with Gasteiger partial charge in [-0.05, 0) is 27.6 Å². The van der Waals surface area contributed by atoms with E-state index < -0.39 is 0 Å². The quantitative estimate of drug-likeness (QED) is 0.664. The van der Waals surface area contributed by atoms with E-state index in [0.717, 1.165) is 21.4 Å². The summed E-state index contributed by atoms with van der Waals surface area (Å²) >= 11 is 3.26. The second-order valence-corrected chi connectivity index (χ2v) is 6.81. The zero-order valence-electron chi connectivity index (χ0n) is 14.0. The number of para-hydroxylation sites is 1. The lowest BCUT2D eigenvalue weighted by molar-refractivity contribution is -0.134. The average molecular weight is 411 g/mol. The summed E-state index contributed by atoms with van der Waals surface area (Å²) in [5, 5.41) is 0.832. The Morgan fingerprint density at radius 3 is 2.50 bits per heavy atom. The largest absolute Gasteiger partial charge is 0.487 e. The molecule has 4 rings (SSSR count). The van der Waals surface area contributed by atoms with Crippen molar-refractivity contribution in [1.29, 1.82) is 0 Å². The SMILES string of the molecule is CN1C(=O)C(Br)=C(c2c[nH]c3c(OCc4ccccc4)cccc23)C1=O. The summed E-state index contributed by atoms with van der Waals surface area (Å²) in [4.78, 5) is 28.8. The molecule has 2 heterocycles. The van der Waals surface area contributed by atoms with Gasteiger partial charge in [0.1, 0.15) is 12.4 Å². The second-order valence-electron chi connectivity index (χ2n) is 6.01. The van der Waals surface area contributed by atoms with Crippen molar-refractivity contribution in [2.45, 2.75) is 6.61 Å². The number of H-pyrrole nitrogens is 1. The Kier molecular flexibility index (Phi) is 4.12. The summed E-state index contributed by atoms with van der Waals surface area (Å²) in [6.45, 7) is 0.445. The van der Waals surface area contributed by atoms with Gasteiger partial charge in [0.05, 0.1) is 15.6 Å². The number of hydrogen-bond acceptors (Lipinski definition) is 3. The maximum Gasteiger partial charge on any atom is 0.268 e. The zero-order chi connectivity index (χ0) is 18.3. The van der Waals surface area contributed by atoms with E-state index in [0.29, 0.717) is 23.5 Å². The van der Waals surface area contributed by atoms with Crippen LogP contribution in [0.5, 0.6) is 5.75 Å². The van der Waals surface area contributed by atoms with Crippen LogP contribution >= 0.6 is 15.9 Å². The van der Waals surface area contributed by atoms with E-state index in [2.05, 4.69) is 20.9 Å². The predicted molar refractivity (Wildman–Crippen MR) is 103 cm³/mol. The molecule has 0 saturated carbocycles. The Morgan fingerprint density at radius 2 is 1.81 bits per heavy atom. The number of benzene rings is 2. The van der Waals surface area contributed by atoms with Crippen molar-refractivity contribution in [2.24, 2.45) is 0 Å². The first kappa shape index (κ1) is 16.6. The molecule has 0 fully saturated rings. The average Bonchev–Trinajstić information content (AvgIpc) is 3.17. The highest BCUT2D eigenvalue weighted by molar-refractivity contribution is 9.12. The van der Waals surface area contributed by atoms with Gasteiger partial charge in [0.15, 0.2) is 0 Å². The van der Waals surface area contributed by atoms with Crippen molar-refractivity contribution in [1.82, 2.24) is 9.88 Å². The molecule has 0 radical (unpaired) electrons. The van der Waals surface area contributed by atoms with Gasteiger partial charge >= 0.3 is 0 Å². The van der Waals surface area contributed by atoms with Crippen LogP contribution in [-0.4, -0.2) is 28.7 Å². The first-order valence-electron chi connectivity index (χ1n) is 8.07. The van der Waals surface area contributed by atoms with Crippen molar-refractivity contribution < 1.29 is 14.3 Å². The number of fused-ring (bicyclic) bond motifs is 1. The normalized spacial score (nSPS) is 14.6. The minimum Gasteiger partial charge on any atom is -0.487 e. The molecule has 1 aromatic heterocycles. The Balaban J connectivity index is 1.72. The van der Waals surface area contributed by atoms with Gasteiger partial charge in [0.2, 0.25) is 0 Å². The van der Waals surface area contributed by atoms with E-state index in [4.69, 9.17) is 4.74 Å². The molecule has 26 heavy (non-hydrogen) atoms. The van der Waals surface area contributed by atoms with Crippen LogP contribution in [-0.2, 0) is 16.2 Å². The lowest BCUT2D eigenvalue weighted by Crippen LogP contribution is -2.26. The highest BCUT2D eigenvalue weighted by Crippen LogP contribution is 2.37. The monoisotopic (exact) mass is 410 g/mol. The first-order valence-corrected chi connectivity index (χ1v) is 8.86. The van der Waals surface area contributed by atoms with Crippen molar-refractivity contribution >= 4 is 44.2 Å². The van der Waals surface area contributed by atoms with Crippen LogP contribution in [0.3, 0.4) is 0 Å². The number of amides is 2. The molecule has 0 saturated heterocycles. The summed E-state index contributed by atoms with van der Waals surface area (Å²) in [6, 6.07) is 15.6. The standard InChI is InChI=1S/C20H15BrN2O3/c1-23-19(24)16(17(21)20(23)25)14-10-22-18-13(14)8-5-9-15(18)26-11-12-6-3-2-4-7-12/h2-10,22H,11H2,1H3. The number of carbonyl (C=O) groups is 2. The van der Waals surface area contributed by atoms with Crippen LogP contribution in [0.2, 0.25) is 0 Å². The molecular weight excluding hydrogens is 396 g/mol. The van der Waals surface area contributed by atoms with Gasteiger partial charge in [0.25, 0.3) is 11.8 Å². The number of aromatic nitrogens is 1. The van der Waals surface area contributed by atoms with Gasteiger partial charge in [-0.15, -0.1) is 0 Å². The van der Waals surface area contributed by atoms with Crippen LogP contribution in [0, 0.1) is 0 Å². The Morgan fingerprint density at radius 1 is 1.04 bits per heavy atom. The van der Waals surface area contributed by atoms with Crippen LogP contribution in [0.15, 0.2) is 59.2 Å². The lowest BCUT2D eigenvalue weighted by Gasteiger charge is -2.08. The predicted octanol–water partition coefficient (Wildman–Crippen LogP) is 3.85. The van der Waals surface area contributed by atoms with Gasteiger partial charge in [-0.2, -0.15) is 0 Å². The first-order chi connectivity index (χ1) is 12.6. The van der Waals surface area contributed by atoms with Crippen molar-refractivity contribution in [3.05, 3.63) is 70.3 Å². The summed E-state index contributed by atoms with van der Waals surface area (Å²) < 4.78 is 6.24. The van der Waals surface area contributed by atoms with E-state index >= 15 is 0 Å². The topological polar surface area (TPSA) is 62.4 Å². The third-order valence-corrected chi connectivity index (χ3v) is 5.15. The van der Waals surface area contributed by atoms with Crippen LogP contribution in [0.1, 0.15) is 11.1 Å². The molecule has 0 atom stereocenters. The molecule has 2 aromatic carbocycles. The van der Waals surface area contributed by atoms with E-state index in [-0.39, 0.29) is 16.3 Å². The van der Waals surface area contributed by atoms with Crippen molar-refractivity contribution in [3.8, 4) is 5.75 Å². The third kappa shape index (κ3) is 2.63. The van der Waals surface area contributed by atoms with E-state index in [9.17, 15) is 9.59 Å². The minimum atomic E-state index is -0.337. The Bertz CT molecular complexity index is 1050. The molecule has 0 unspecified atom stereocenters. The van der Waals surface area contributed by atoms with E-state index in [1.807, 2.05) is 48.5 Å². The maximum atomic E-state index is 12.4. The van der Waals surface area contributed by atoms with Crippen molar-refractivity contribution in [3.63, 3.8) is 0 Å². The van der Waals surface area contributed by atoms with E-state index in [1.165, 1.54) is 7.05 Å². The Hall–Kier alpha value is -2.86. The highest BCUT2D eigenvalue weighted by atomic mass is 79.9. The van der Waals surface area contributed by atoms with Crippen LogP contribution < -0.4 is 4.74 Å². The molecule has 130 valence electrons. The molecular formula is C20H15BrN2O3. The summed E-state index contributed by atoms with van der Waals surface area (Å²) in [5.41, 5.74) is 2.91. The lowest BCUT2D eigenvalue weighted by atomic mass is 10.1. The summed E-state index contributed by atoms with van der Waals surface area (Å²) in [5.74, 6) is 0.0358. The number of nitrogens with one attached hydrogen (secondary N) is 1. The van der Waals surface area contributed by atoms with Crippen LogP contribution in [0.25, 0.3) is 16.5 Å². The number of aromatic amines is 1. The number of ether oxygens (including phenoxy) is 1. The van der Waals surface area contributed by atoms with E-state index in [1.54, 1.807) is 6.20 Å². The number of nitrogens with zero attached hydrogens (tertiary/aromatic N) is 1. The number of halogens is 1. The molecule has 6 heteroatoms. The highest BCUT2D eigenvalue weighted by Gasteiger charge is 2.36. The summed E-state index contributed by atoms with van der Waals surface area (Å²) in [7, 11) is 1.47. The Labute approximate surface area is 158 Å². The molecule has 0 bridgehead atoms. The second kappa shape index (κ2) is 6.46. The fraction of sp³-hybridized carbons (Fsp3) is 0.100. The van der Waals surface area contributed by atoms with Gasteiger partial charge in [-0.1, -0.05) is 42.5 Å². The number of rotatable bonds is 4. The maximum absolute atomic E-state index is 12.4. The molecule has 0 spiro atoms. The zero-order valence-corrected chi connectivity index (χ0v) is 15.5. The molecule has 0 aliphatic carbocycles. The minimum absolute atomic E-state index is 0.279. The molecule has 1 aliphatic rings. The molecule has 2 amide bonds. The number of carbonyl (C=O) groups excluding carboxylic acids is 2. The van der Waals surface area contributed by atoms with Crippen LogP contribution in [0.4, 0.5) is 0 Å². The number of hydrogen-bond donors (Lipinski definition) is 1. The van der Waals surface area contributed by atoms with Gasteiger partial charge < -0.3 is 9.72 Å². The molecule has 5 nitrogen and oxygen atoms in total. The van der Waals surface area contributed by atoms with Gasteiger partial charge in [0, 0.05) is 24.2 Å². The van der Waals surface area contributed by atoms with Gasteiger partial charge in [-0.3, -0.25) is 14.5 Å². The number of imide groups is 1. The third-order valence-electron chi connectivity index (χ3n) is 4.41. The smallest absolute Gasteiger partial charge is 0.268 e. The molecule has 1 aliphatic heterocycles.